The number of amides is 1. The van der Waals surface area contributed by atoms with Gasteiger partial charge < -0.3 is 9.47 Å². The highest BCUT2D eigenvalue weighted by atomic mass is 127. The lowest BCUT2D eigenvalue weighted by molar-refractivity contribution is 0.0955. The van der Waals surface area contributed by atoms with Crippen LogP contribution < -0.4 is 14.9 Å². The van der Waals surface area contributed by atoms with E-state index in [0.717, 1.165) is 24.0 Å². The summed E-state index contributed by atoms with van der Waals surface area (Å²) in [6.45, 7) is 2.58. The molecule has 3 aromatic carbocycles. The van der Waals surface area contributed by atoms with Crippen molar-refractivity contribution in [2.75, 3.05) is 7.11 Å². The largest absolute Gasteiger partial charge is 0.497 e. The summed E-state index contributed by atoms with van der Waals surface area (Å²) in [5.74, 6) is 1.26. The fourth-order valence-corrected chi connectivity index (χ4v) is 4.85. The van der Waals surface area contributed by atoms with Crippen LogP contribution in [0.3, 0.4) is 0 Å². The Morgan fingerprint density at radius 3 is 2.40 bits per heavy atom. The van der Waals surface area contributed by atoms with Crippen molar-refractivity contribution in [2.24, 2.45) is 5.10 Å². The molecule has 0 unspecified atom stereocenters. The van der Waals surface area contributed by atoms with Gasteiger partial charge in [-0.05, 0) is 99.6 Å². The molecule has 0 radical (unpaired) electrons. The lowest BCUT2D eigenvalue weighted by Crippen LogP contribution is -2.17. The molecule has 1 N–H and O–H groups in total. The number of nitrogens with one attached hydrogen (secondary N) is 1. The van der Waals surface area contributed by atoms with Gasteiger partial charge in [0, 0.05) is 5.56 Å². The van der Waals surface area contributed by atoms with Gasteiger partial charge in [-0.2, -0.15) is 5.10 Å². The van der Waals surface area contributed by atoms with Crippen molar-refractivity contribution >= 4 is 57.3 Å². The molecule has 5 nitrogen and oxygen atoms in total. The maximum Gasteiger partial charge on any atom is 0.271 e. The summed E-state index contributed by atoms with van der Waals surface area (Å²) < 4.78 is 13.1. The second-order valence-electron chi connectivity index (χ2n) is 6.52. The Labute approximate surface area is 203 Å². The number of halogens is 2. The molecule has 0 bridgehead atoms. The Bertz CT molecular complexity index is 1040. The van der Waals surface area contributed by atoms with Gasteiger partial charge in [0.1, 0.15) is 18.1 Å². The van der Waals surface area contributed by atoms with Crippen LogP contribution in [-0.2, 0) is 6.61 Å². The highest BCUT2D eigenvalue weighted by molar-refractivity contribution is 14.1. The number of carbonyl (C=O) groups excluding carboxylic acids is 1. The number of nitrogens with zero attached hydrogens (tertiary/aromatic N) is 1. The van der Waals surface area contributed by atoms with Gasteiger partial charge in [-0.15, -0.1) is 0 Å². The molecule has 0 aliphatic heterocycles. The molecule has 0 spiro atoms. The molecule has 0 aromatic heterocycles. The maximum absolute atomic E-state index is 12.2. The summed E-state index contributed by atoms with van der Waals surface area (Å²) in [6.07, 6.45) is 1.62. The third-order valence-corrected chi connectivity index (χ3v) is 5.82. The summed E-state index contributed by atoms with van der Waals surface area (Å²) in [5, 5.41) is 4.07. The third kappa shape index (κ3) is 6.18. The van der Waals surface area contributed by atoms with Crippen LogP contribution in [0.4, 0.5) is 0 Å². The van der Waals surface area contributed by atoms with Gasteiger partial charge in [0.2, 0.25) is 0 Å². The minimum absolute atomic E-state index is 0.281. The van der Waals surface area contributed by atoms with Gasteiger partial charge in [-0.25, -0.2) is 5.43 Å². The van der Waals surface area contributed by atoms with Gasteiger partial charge in [0.15, 0.2) is 0 Å². The summed E-state index contributed by atoms with van der Waals surface area (Å²) in [5.41, 5.74) is 6.28. The van der Waals surface area contributed by atoms with E-state index >= 15 is 0 Å². The zero-order valence-electron chi connectivity index (χ0n) is 16.5. The summed E-state index contributed by atoms with van der Waals surface area (Å²) in [7, 11) is 1.58. The van der Waals surface area contributed by atoms with Crippen LogP contribution in [0.1, 0.15) is 27.0 Å². The van der Waals surface area contributed by atoms with Crippen LogP contribution in [0, 0.1) is 14.1 Å². The van der Waals surface area contributed by atoms with E-state index in [9.17, 15) is 4.79 Å². The normalized spacial score (nSPS) is 10.8. The number of hydrogen-bond donors (Lipinski definition) is 1. The van der Waals surface area contributed by atoms with Crippen LogP contribution in [0.15, 0.2) is 65.8 Å². The Morgan fingerprint density at radius 2 is 1.77 bits per heavy atom. The monoisotopic (exact) mass is 626 g/mol. The summed E-state index contributed by atoms with van der Waals surface area (Å²) >= 11 is 4.50. The topological polar surface area (TPSA) is 59.9 Å². The smallest absolute Gasteiger partial charge is 0.271 e. The van der Waals surface area contributed by atoms with Crippen molar-refractivity contribution in [3.8, 4) is 11.5 Å². The number of methoxy groups -OCH3 is 1. The van der Waals surface area contributed by atoms with Crippen LogP contribution >= 0.6 is 45.2 Å². The summed E-state index contributed by atoms with van der Waals surface area (Å²) in [6, 6.07) is 19.1. The third-order valence-electron chi connectivity index (χ3n) is 4.22. The molecule has 3 rings (SSSR count). The van der Waals surface area contributed by atoms with Gasteiger partial charge in [0.25, 0.3) is 5.91 Å². The van der Waals surface area contributed by atoms with Gasteiger partial charge >= 0.3 is 0 Å². The number of aryl methyl sites for hydroxylation is 1. The van der Waals surface area contributed by atoms with Crippen molar-refractivity contribution in [1.82, 2.24) is 5.43 Å². The van der Waals surface area contributed by atoms with E-state index in [1.54, 1.807) is 37.6 Å². The van der Waals surface area contributed by atoms with E-state index < -0.39 is 0 Å². The second kappa shape index (κ2) is 10.8. The zero-order valence-corrected chi connectivity index (χ0v) is 20.8. The summed E-state index contributed by atoms with van der Waals surface area (Å²) in [4.78, 5) is 12.2. The quantitative estimate of drug-likeness (QED) is 0.213. The van der Waals surface area contributed by atoms with Crippen molar-refractivity contribution < 1.29 is 14.3 Å². The fourth-order valence-electron chi connectivity index (χ4n) is 2.72. The molecule has 3 aromatic rings. The zero-order chi connectivity index (χ0) is 21.5. The van der Waals surface area contributed by atoms with Crippen molar-refractivity contribution in [1.29, 1.82) is 0 Å². The number of hydrogen-bond acceptors (Lipinski definition) is 4. The first-order valence-electron chi connectivity index (χ1n) is 9.11. The predicted molar refractivity (Wildman–Crippen MR) is 135 cm³/mol. The Hall–Kier alpha value is -2.14. The molecule has 30 heavy (non-hydrogen) atoms. The van der Waals surface area contributed by atoms with Gasteiger partial charge in [-0.1, -0.05) is 29.8 Å². The standard InChI is InChI=1S/C23H20I2N2O3/c1-15-4-3-5-16(10-15)14-30-22-20(24)11-17(12-21(22)25)13-26-27-23(28)18-6-8-19(29-2)9-7-18/h3-13H,14H2,1-2H3,(H,27,28)/b26-13-. The molecular formula is C23H20I2N2O3. The maximum atomic E-state index is 12.2. The average molecular weight is 626 g/mol. The molecule has 0 fully saturated rings. The molecule has 7 heteroatoms. The number of benzene rings is 3. The molecule has 1 amide bonds. The highest BCUT2D eigenvalue weighted by Gasteiger charge is 2.09. The molecule has 0 saturated carbocycles. The Morgan fingerprint density at radius 1 is 1.07 bits per heavy atom. The first kappa shape index (κ1) is 22.5. The van der Waals surface area contributed by atoms with E-state index in [2.05, 4.69) is 80.8 Å². The minimum Gasteiger partial charge on any atom is -0.497 e. The molecule has 0 aliphatic carbocycles. The number of hydrazone groups is 1. The van der Waals surface area contributed by atoms with Gasteiger partial charge in [0.05, 0.1) is 20.5 Å². The second-order valence-corrected chi connectivity index (χ2v) is 8.84. The minimum atomic E-state index is -0.281. The van der Waals surface area contributed by atoms with E-state index in [4.69, 9.17) is 9.47 Å². The van der Waals surface area contributed by atoms with Gasteiger partial charge in [-0.3, -0.25) is 4.79 Å². The van der Waals surface area contributed by atoms with E-state index in [0.29, 0.717) is 17.9 Å². The number of rotatable bonds is 7. The van der Waals surface area contributed by atoms with Crippen LogP contribution in [0.5, 0.6) is 11.5 Å². The first-order chi connectivity index (χ1) is 14.5. The lowest BCUT2D eigenvalue weighted by atomic mass is 10.1. The predicted octanol–water partition coefficient (Wildman–Crippen LogP) is 5.56. The molecule has 0 heterocycles. The number of ether oxygens (including phenoxy) is 2. The highest BCUT2D eigenvalue weighted by Crippen LogP contribution is 2.29. The molecule has 154 valence electrons. The van der Waals surface area contributed by atoms with Crippen molar-refractivity contribution in [2.45, 2.75) is 13.5 Å². The Balaban J connectivity index is 1.63. The lowest BCUT2D eigenvalue weighted by Gasteiger charge is -2.12. The van der Waals surface area contributed by atoms with E-state index in [1.807, 2.05) is 18.2 Å². The molecule has 0 aliphatic rings. The molecular weight excluding hydrogens is 606 g/mol. The number of carbonyl (C=O) groups is 1. The van der Waals surface area contributed by atoms with Crippen LogP contribution in [0.2, 0.25) is 0 Å². The SMILES string of the molecule is COc1ccc(C(=O)N/N=C\c2cc(I)c(OCc3cccc(C)c3)c(I)c2)cc1. The fraction of sp³-hybridized carbons (Fsp3) is 0.130. The van der Waals surface area contributed by atoms with Crippen molar-refractivity contribution in [3.05, 3.63) is 90.1 Å². The molecule has 0 saturated heterocycles. The van der Waals surface area contributed by atoms with Crippen LogP contribution in [-0.4, -0.2) is 19.2 Å². The van der Waals surface area contributed by atoms with Crippen molar-refractivity contribution in [3.63, 3.8) is 0 Å². The Kier molecular flexibility index (Phi) is 8.08. The average Bonchev–Trinajstić information content (AvgIpc) is 2.73. The van der Waals surface area contributed by atoms with E-state index in [1.165, 1.54) is 5.56 Å². The molecule has 0 atom stereocenters. The van der Waals surface area contributed by atoms with Crippen LogP contribution in [0.25, 0.3) is 0 Å². The van der Waals surface area contributed by atoms with E-state index in [-0.39, 0.29) is 5.91 Å². The first-order valence-corrected chi connectivity index (χ1v) is 11.3.